The number of carbonyl (C=O) groups excluding carboxylic acids is 2. The van der Waals surface area contributed by atoms with Crippen molar-refractivity contribution in [1.82, 2.24) is 4.57 Å². The van der Waals surface area contributed by atoms with Crippen LogP contribution < -0.4 is 30.5 Å². The number of aromatic nitrogens is 1. The summed E-state index contributed by atoms with van der Waals surface area (Å²) in [6.45, 7) is 1.55. The van der Waals surface area contributed by atoms with Crippen molar-refractivity contribution >= 4 is 46.4 Å². The number of hydrogen-bond acceptors (Lipinski definition) is 7. The highest BCUT2D eigenvalue weighted by Gasteiger charge is 2.40. The first-order valence-electron chi connectivity index (χ1n) is 12.8. The number of nitrogens with zero attached hydrogens (tertiary/aromatic N) is 1. The molecule has 2 heterocycles. The van der Waals surface area contributed by atoms with Gasteiger partial charge in [-0.1, -0.05) is 36.4 Å². The van der Waals surface area contributed by atoms with E-state index in [1.165, 1.54) is 49.6 Å². The number of rotatable bonds is 7. The van der Waals surface area contributed by atoms with E-state index in [1.54, 1.807) is 43.3 Å². The average Bonchev–Trinajstić information content (AvgIpc) is 3.30. The summed E-state index contributed by atoms with van der Waals surface area (Å²) >= 11 is 0.875. The largest absolute Gasteiger partial charge is 0.497 e. The highest BCUT2D eigenvalue weighted by molar-refractivity contribution is 7.07. The van der Waals surface area contributed by atoms with Gasteiger partial charge in [-0.25, -0.2) is 13.6 Å². The van der Waals surface area contributed by atoms with Crippen LogP contribution in [0.2, 0.25) is 0 Å². The van der Waals surface area contributed by atoms with Crippen molar-refractivity contribution in [2.45, 2.75) is 12.8 Å². The van der Waals surface area contributed by atoms with E-state index in [0.29, 0.717) is 11.4 Å². The van der Waals surface area contributed by atoms with Crippen LogP contribution in [0.5, 0.6) is 5.75 Å². The number of benzene rings is 3. The number of halogens is 2. The van der Waals surface area contributed by atoms with Crippen molar-refractivity contribution in [1.29, 1.82) is 0 Å². The maximum absolute atomic E-state index is 15.4. The first-order valence-corrected chi connectivity index (χ1v) is 13.7. The summed E-state index contributed by atoms with van der Waals surface area (Å²) in [4.78, 5) is 41.1. The van der Waals surface area contributed by atoms with E-state index in [2.05, 4.69) is 5.32 Å². The highest BCUT2D eigenvalue weighted by Crippen LogP contribution is 2.39. The van der Waals surface area contributed by atoms with Gasteiger partial charge in [-0.15, -0.1) is 11.3 Å². The van der Waals surface area contributed by atoms with E-state index in [0.717, 1.165) is 15.9 Å². The molecular formula is C31H25F2N3O5S. The Kier molecular flexibility index (Phi) is 8.03. The number of thiazole rings is 1. The number of anilines is 1. The molecule has 0 spiro atoms. The number of fused-ring (bicyclic) bond motifs is 1. The van der Waals surface area contributed by atoms with Gasteiger partial charge in [0.15, 0.2) is 0 Å². The van der Waals surface area contributed by atoms with Crippen LogP contribution in [0.15, 0.2) is 83.2 Å². The maximum Gasteiger partial charge on any atom is 0.338 e. The Labute approximate surface area is 242 Å². The van der Waals surface area contributed by atoms with Crippen molar-refractivity contribution in [3.8, 4) is 5.75 Å². The van der Waals surface area contributed by atoms with Crippen LogP contribution in [0.4, 0.5) is 14.5 Å². The van der Waals surface area contributed by atoms with Gasteiger partial charge in [-0.05, 0) is 49.4 Å². The topological polar surface area (TPSA) is 113 Å². The first-order chi connectivity index (χ1) is 20.2. The molecule has 1 amide bonds. The molecule has 214 valence electrons. The number of ether oxygens (including phenoxy) is 2. The van der Waals surface area contributed by atoms with Crippen LogP contribution in [0, 0.1) is 11.6 Å². The second kappa shape index (κ2) is 11.8. The van der Waals surface area contributed by atoms with Crippen molar-refractivity contribution in [3.05, 3.63) is 121 Å². The van der Waals surface area contributed by atoms with Crippen LogP contribution in [-0.4, -0.2) is 30.2 Å². The van der Waals surface area contributed by atoms with Gasteiger partial charge in [0, 0.05) is 16.8 Å². The van der Waals surface area contributed by atoms with Crippen molar-refractivity contribution in [2.24, 2.45) is 5.73 Å². The second-order valence-corrected chi connectivity index (χ2v) is 10.2. The zero-order chi connectivity index (χ0) is 30.0. The fourth-order valence-corrected chi connectivity index (χ4v) is 5.87. The highest BCUT2D eigenvalue weighted by atomic mass is 32.1. The Morgan fingerprint density at radius 3 is 2.31 bits per heavy atom. The maximum atomic E-state index is 15.4. The molecule has 1 atom stereocenters. The number of methoxy groups -OCH3 is 1. The third kappa shape index (κ3) is 5.21. The predicted molar refractivity (Wildman–Crippen MR) is 156 cm³/mol. The molecule has 0 saturated carbocycles. The van der Waals surface area contributed by atoms with Crippen LogP contribution in [-0.2, 0) is 14.3 Å². The summed E-state index contributed by atoms with van der Waals surface area (Å²) in [7, 11) is 1.50. The summed E-state index contributed by atoms with van der Waals surface area (Å²) < 4.78 is 41.4. The minimum atomic E-state index is -1.33. The molecule has 0 aliphatic carbocycles. The molecule has 3 aromatic carbocycles. The zero-order valence-corrected chi connectivity index (χ0v) is 23.3. The number of amides is 1. The molecule has 0 saturated heterocycles. The molecule has 0 radical (unpaired) electrons. The summed E-state index contributed by atoms with van der Waals surface area (Å²) in [5.41, 5.74) is 5.90. The number of nitrogens with two attached hydrogens (primary N) is 1. The van der Waals surface area contributed by atoms with Gasteiger partial charge in [0.1, 0.15) is 27.9 Å². The number of nitrogens with one attached hydrogen (secondary N) is 1. The Morgan fingerprint density at radius 1 is 1.00 bits per heavy atom. The Balaban J connectivity index is 1.84. The van der Waals surface area contributed by atoms with Gasteiger partial charge >= 0.3 is 5.97 Å². The summed E-state index contributed by atoms with van der Waals surface area (Å²) in [6.07, 6.45) is 1.34. The minimum Gasteiger partial charge on any atom is -0.497 e. The van der Waals surface area contributed by atoms with Crippen LogP contribution in [0.3, 0.4) is 0 Å². The molecule has 0 bridgehead atoms. The van der Waals surface area contributed by atoms with Gasteiger partial charge in [-0.2, -0.15) is 0 Å². The third-order valence-corrected chi connectivity index (χ3v) is 7.75. The number of hydrogen-bond donors (Lipinski definition) is 2. The Hall–Kier alpha value is -5.03. The average molecular weight is 590 g/mol. The van der Waals surface area contributed by atoms with Gasteiger partial charge in [-0.3, -0.25) is 14.2 Å². The van der Waals surface area contributed by atoms with E-state index in [9.17, 15) is 18.8 Å². The van der Waals surface area contributed by atoms with Crippen molar-refractivity contribution in [3.63, 3.8) is 0 Å². The fraction of sp³-hybridized carbons (Fsp3) is 0.129. The molecule has 8 nitrogen and oxygen atoms in total. The van der Waals surface area contributed by atoms with E-state index < -0.39 is 35.0 Å². The lowest BCUT2D eigenvalue weighted by molar-refractivity contribution is -0.138. The van der Waals surface area contributed by atoms with E-state index >= 15 is 4.39 Å². The molecule has 42 heavy (non-hydrogen) atoms. The van der Waals surface area contributed by atoms with E-state index in [-0.39, 0.29) is 43.9 Å². The molecule has 1 unspecified atom stereocenters. The summed E-state index contributed by atoms with van der Waals surface area (Å²) in [6, 6.07) is 18.0. The molecule has 1 aromatic heterocycles. The molecule has 0 fully saturated rings. The molecule has 11 heteroatoms. The van der Waals surface area contributed by atoms with E-state index in [4.69, 9.17) is 15.2 Å². The van der Waals surface area contributed by atoms with Crippen LogP contribution >= 0.6 is 11.3 Å². The lowest BCUT2D eigenvalue weighted by Crippen LogP contribution is -2.42. The minimum absolute atomic E-state index is 0.0184. The SMILES string of the molecule is CCOC(=O)C1=C(N)n2c(s/c(=C\c3ccccc3F)c2=O)=C(C(=O)Nc2ccc(OC)cc2)C1c1ccccc1F. The molecule has 1 aliphatic rings. The summed E-state index contributed by atoms with van der Waals surface area (Å²) in [5.74, 6) is -3.97. The molecule has 4 aromatic rings. The van der Waals surface area contributed by atoms with Gasteiger partial charge in [0.2, 0.25) is 0 Å². The van der Waals surface area contributed by atoms with Crippen LogP contribution in [0.1, 0.15) is 24.0 Å². The lowest BCUT2D eigenvalue weighted by Gasteiger charge is -2.27. The van der Waals surface area contributed by atoms with Gasteiger partial charge < -0.3 is 20.5 Å². The monoisotopic (exact) mass is 589 g/mol. The Bertz CT molecular complexity index is 1910. The van der Waals surface area contributed by atoms with Crippen molar-refractivity contribution < 1.29 is 27.8 Å². The summed E-state index contributed by atoms with van der Waals surface area (Å²) in [5, 5.41) is 2.77. The molecule has 5 rings (SSSR count). The number of carbonyl (C=O) groups is 2. The zero-order valence-electron chi connectivity index (χ0n) is 22.5. The van der Waals surface area contributed by atoms with Gasteiger partial charge in [0.05, 0.1) is 35.3 Å². The molecule has 3 N–H and O–H groups in total. The fourth-order valence-electron chi connectivity index (χ4n) is 4.70. The van der Waals surface area contributed by atoms with Crippen LogP contribution in [0.25, 0.3) is 17.5 Å². The normalized spacial score (nSPS) is 14.9. The molecule has 1 aliphatic heterocycles. The lowest BCUT2D eigenvalue weighted by atomic mass is 9.82. The quantitative estimate of drug-likeness (QED) is 0.320. The standard InChI is InChI=1S/C31H25F2N3O5S/c1-3-41-31(39)25-24(20-9-5-7-11-22(20)33)26(28(37)35-18-12-14-19(40-2)15-13-18)30-36(27(25)34)29(38)23(42-30)16-17-8-4-6-10-21(17)32/h4-16,24H,3,34H2,1-2H3,(H,35,37)/b23-16-. The van der Waals surface area contributed by atoms with Gasteiger partial charge in [0.25, 0.3) is 11.5 Å². The third-order valence-electron chi connectivity index (χ3n) is 6.64. The molecular weight excluding hydrogens is 564 g/mol. The second-order valence-electron chi connectivity index (χ2n) is 9.15. The first kappa shape index (κ1) is 28.5. The Morgan fingerprint density at radius 2 is 1.67 bits per heavy atom. The smallest absolute Gasteiger partial charge is 0.338 e. The van der Waals surface area contributed by atoms with Crippen molar-refractivity contribution in [2.75, 3.05) is 19.0 Å². The number of esters is 1. The van der Waals surface area contributed by atoms with E-state index in [1.807, 2.05) is 0 Å². The predicted octanol–water partition coefficient (Wildman–Crippen LogP) is 3.30.